The van der Waals surface area contributed by atoms with Gasteiger partial charge in [0.25, 0.3) is 0 Å². The Kier molecular flexibility index (Phi) is 4.40. The van der Waals surface area contributed by atoms with E-state index < -0.39 is 0 Å². The molecule has 0 aliphatic carbocycles. The van der Waals surface area contributed by atoms with Gasteiger partial charge >= 0.3 is 0 Å². The second-order valence-electron chi connectivity index (χ2n) is 4.82. The molecule has 0 saturated carbocycles. The fraction of sp³-hybridized carbons (Fsp3) is 0.769. The highest BCUT2D eigenvalue weighted by atomic mass is 32.1. The molecule has 4 heteroatoms. The molecule has 96 valence electrons. The molecule has 2 atom stereocenters. The lowest BCUT2D eigenvalue weighted by molar-refractivity contribution is 0.449. The van der Waals surface area contributed by atoms with Gasteiger partial charge in [0, 0.05) is 24.0 Å². The van der Waals surface area contributed by atoms with E-state index in [-0.39, 0.29) is 0 Å². The minimum absolute atomic E-state index is 0.352. The second kappa shape index (κ2) is 5.83. The van der Waals surface area contributed by atoms with Crippen LogP contribution in [-0.4, -0.2) is 24.6 Å². The standard InChI is InChI=1S/C13H23N3S/c1-4-11-7-5-6-8-16(11)13-15-12(9-17-13)10(2)14-3/h9-11,14H,4-8H2,1-3H3. The van der Waals surface area contributed by atoms with Crippen LogP contribution in [0.2, 0.25) is 0 Å². The molecule has 1 saturated heterocycles. The fourth-order valence-electron chi connectivity index (χ4n) is 2.43. The Morgan fingerprint density at radius 3 is 3.12 bits per heavy atom. The molecule has 2 unspecified atom stereocenters. The Labute approximate surface area is 108 Å². The maximum absolute atomic E-state index is 4.78. The Bertz CT molecular complexity index is 350. The molecule has 2 rings (SSSR count). The zero-order chi connectivity index (χ0) is 12.3. The number of nitrogens with zero attached hydrogens (tertiary/aromatic N) is 2. The van der Waals surface area contributed by atoms with Crippen molar-refractivity contribution in [3.05, 3.63) is 11.1 Å². The maximum atomic E-state index is 4.78. The molecule has 0 spiro atoms. The van der Waals surface area contributed by atoms with Gasteiger partial charge in [-0.3, -0.25) is 0 Å². The van der Waals surface area contributed by atoms with E-state index in [4.69, 9.17) is 4.98 Å². The molecule has 3 nitrogen and oxygen atoms in total. The highest BCUT2D eigenvalue weighted by Gasteiger charge is 2.23. The van der Waals surface area contributed by atoms with Gasteiger partial charge in [-0.25, -0.2) is 4.98 Å². The smallest absolute Gasteiger partial charge is 0.185 e. The molecule has 0 radical (unpaired) electrons. The summed E-state index contributed by atoms with van der Waals surface area (Å²) in [6, 6.07) is 1.05. The zero-order valence-corrected chi connectivity index (χ0v) is 11.9. The summed E-state index contributed by atoms with van der Waals surface area (Å²) in [6.45, 7) is 5.62. The first-order valence-electron chi connectivity index (χ1n) is 6.65. The van der Waals surface area contributed by atoms with Gasteiger partial charge in [-0.15, -0.1) is 11.3 Å². The summed E-state index contributed by atoms with van der Waals surface area (Å²) in [5.41, 5.74) is 1.17. The highest BCUT2D eigenvalue weighted by molar-refractivity contribution is 7.13. The summed E-state index contributed by atoms with van der Waals surface area (Å²) in [5.74, 6) is 0. The lowest BCUT2D eigenvalue weighted by Gasteiger charge is -2.35. The van der Waals surface area contributed by atoms with Crippen LogP contribution >= 0.6 is 11.3 Å². The van der Waals surface area contributed by atoms with Crippen LogP contribution in [0.4, 0.5) is 5.13 Å². The van der Waals surface area contributed by atoms with E-state index >= 15 is 0 Å². The number of anilines is 1. The predicted molar refractivity (Wildman–Crippen MR) is 74.9 cm³/mol. The quantitative estimate of drug-likeness (QED) is 0.893. The van der Waals surface area contributed by atoms with Gasteiger partial charge < -0.3 is 10.2 Å². The molecule has 1 aliphatic rings. The molecule has 0 amide bonds. The van der Waals surface area contributed by atoms with Crippen LogP contribution in [0.3, 0.4) is 0 Å². The first-order chi connectivity index (χ1) is 8.26. The average Bonchev–Trinajstić information content (AvgIpc) is 2.87. The van der Waals surface area contributed by atoms with Gasteiger partial charge in [0.05, 0.1) is 5.69 Å². The molecule has 2 heterocycles. The summed E-state index contributed by atoms with van der Waals surface area (Å²) in [7, 11) is 1.99. The SMILES string of the molecule is CCC1CCCCN1c1nc(C(C)NC)cs1. The molecule has 0 bridgehead atoms. The zero-order valence-electron chi connectivity index (χ0n) is 11.1. The lowest BCUT2D eigenvalue weighted by atomic mass is 10.0. The van der Waals surface area contributed by atoms with Crippen LogP contribution in [0.25, 0.3) is 0 Å². The van der Waals surface area contributed by atoms with Crippen LogP contribution in [-0.2, 0) is 0 Å². The van der Waals surface area contributed by atoms with Crippen molar-refractivity contribution in [2.24, 2.45) is 0 Å². The summed E-state index contributed by atoms with van der Waals surface area (Å²) >= 11 is 1.79. The largest absolute Gasteiger partial charge is 0.345 e. The van der Waals surface area contributed by atoms with Crippen molar-refractivity contribution in [3.63, 3.8) is 0 Å². The van der Waals surface area contributed by atoms with Gasteiger partial charge in [0.15, 0.2) is 5.13 Å². The Hall–Kier alpha value is -0.610. The monoisotopic (exact) mass is 253 g/mol. The third kappa shape index (κ3) is 2.80. The number of rotatable bonds is 4. The average molecular weight is 253 g/mol. The summed E-state index contributed by atoms with van der Waals surface area (Å²) in [4.78, 5) is 7.30. The normalized spacial score (nSPS) is 22.8. The van der Waals surface area contributed by atoms with Crippen LogP contribution in [0.15, 0.2) is 5.38 Å². The van der Waals surface area contributed by atoms with Crippen LogP contribution in [0, 0.1) is 0 Å². The van der Waals surface area contributed by atoms with Crippen molar-refractivity contribution >= 4 is 16.5 Å². The van der Waals surface area contributed by atoms with E-state index in [2.05, 4.69) is 29.4 Å². The fourth-order valence-corrected chi connectivity index (χ4v) is 3.45. The van der Waals surface area contributed by atoms with E-state index in [1.165, 1.54) is 43.1 Å². The molecule has 1 aromatic rings. The molecule has 0 aromatic carbocycles. The number of hydrogen-bond acceptors (Lipinski definition) is 4. The number of nitrogens with one attached hydrogen (secondary N) is 1. The molecule has 1 N–H and O–H groups in total. The number of thiazole rings is 1. The Morgan fingerprint density at radius 1 is 1.59 bits per heavy atom. The third-order valence-corrected chi connectivity index (χ3v) is 4.63. The van der Waals surface area contributed by atoms with E-state index in [0.717, 1.165) is 0 Å². The van der Waals surface area contributed by atoms with Gasteiger partial charge in [0.2, 0.25) is 0 Å². The van der Waals surface area contributed by atoms with Crippen molar-refractivity contribution in [1.29, 1.82) is 0 Å². The van der Waals surface area contributed by atoms with E-state index in [1.54, 1.807) is 11.3 Å². The van der Waals surface area contributed by atoms with E-state index in [9.17, 15) is 0 Å². The maximum Gasteiger partial charge on any atom is 0.185 e. The summed E-state index contributed by atoms with van der Waals surface area (Å²) in [6.07, 6.45) is 5.25. The number of hydrogen-bond donors (Lipinski definition) is 1. The summed E-state index contributed by atoms with van der Waals surface area (Å²) < 4.78 is 0. The van der Waals surface area contributed by atoms with Gasteiger partial charge in [0.1, 0.15) is 0 Å². The van der Waals surface area contributed by atoms with Crippen LogP contribution in [0.1, 0.15) is 51.3 Å². The molecular formula is C13H23N3S. The van der Waals surface area contributed by atoms with Crippen molar-refractivity contribution < 1.29 is 0 Å². The first kappa shape index (κ1) is 12.8. The number of aromatic nitrogens is 1. The lowest BCUT2D eigenvalue weighted by Crippen LogP contribution is -2.39. The molecule has 1 aliphatic heterocycles. The first-order valence-corrected chi connectivity index (χ1v) is 7.53. The van der Waals surface area contributed by atoms with Crippen molar-refractivity contribution in [2.75, 3.05) is 18.5 Å². The number of piperidine rings is 1. The molecule has 17 heavy (non-hydrogen) atoms. The van der Waals surface area contributed by atoms with Crippen molar-refractivity contribution in [3.8, 4) is 0 Å². The Morgan fingerprint density at radius 2 is 2.41 bits per heavy atom. The van der Waals surface area contributed by atoms with Gasteiger partial charge in [-0.2, -0.15) is 0 Å². The predicted octanol–water partition coefficient (Wildman–Crippen LogP) is 3.19. The highest BCUT2D eigenvalue weighted by Crippen LogP contribution is 2.30. The molecule has 1 aromatic heterocycles. The minimum atomic E-state index is 0.352. The van der Waals surface area contributed by atoms with Gasteiger partial charge in [-0.1, -0.05) is 6.92 Å². The minimum Gasteiger partial charge on any atom is -0.345 e. The summed E-state index contributed by atoms with van der Waals surface area (Å²) in [5, 5.41) is 6.66. The molecular weight excluding hydrogens is 230 g/mol. The van der Waals surface area contributed by atoms with Crippen molar-refractivity contribution in [2.45, 2.75) is 51.6 Å². The van der Waals surface area contributed by atoms with Crippen LogP contribution < -0.4 is 10.2 Å². The topological polar surface area (TPSA) is 28.2 Å². The van der Waals surface area contributed by atoms with Crippen molar-refractivity contribution in [1.82, 2.24) is 10.3 Å². The van der Waals surface area contributed by atoms with E-state index in [0.29, 0.717) is 12.1 Å². The third-order valence-electron chi connectivity index (χ3n) is 3.73. The molecule has 1 fully saturated rings. The second-order valence-corrected chi connectivity index (χ2v) is 5.65. The Balaban J connectivity index is 2.12. The van der Waals surface area contributed by atoms with E-state index in [1.807, 2.05) is 7.05 Å². The van der Waals surface area contributed by atoms with Crippen LogP contribution in [0.5, 0.6) is 0 Å². The van der Waals surface area contributed by atoms with Gasteiger partial charge in [-0.05, 0) is 39.7 Å².